The van der Waals surface area contributed by atoms with Crippen LogP contribution < -0.4 is 5.32 Å². The van der Waals surface area contributed by atoms with Crippen molar-refractivity contribution in [3.63, 3.8) is 0 Å². The number of hydrogen-bond acceptors (Lipinski definition) is 3. The smallest absolute Gasteiger partial charge is 0.241 e. The van der Waals surface area contributed by atoms with Crippen molar-refractivity contribution in [3.8, 4) is 0 Å². The zero-order chi connectivity index (χ0) is 13.1. The molecule has 102 valence electrons. The summed E-state index contributed by atoms with van der Waals surface area (Å²) in [5.74, 6) is 0.747. The molecule has 2 saturated heterocycles. The van der Waals surface area contributed by atoms with Gasteiger partial charge in [0.1, 0.15) is 0 Å². The molecule has 2 aliphatic heterocycles. The summed E-state index contributed by atoms with van der Waals surface area (Å²) >= 11 is 0. The Morgan fingerprint density at radius 2 is 2.16 bits per heavy atom. The second-order valence-electron chi connectivity index (χ2n) is 5.39. The lowest BCUT2D eigenvalue weighted by molar-refractivity contribution is -0.129. The van der Waals surface area contributed by atoms with E-state index in [-0.39, 0.29) is 11.9 Å². The molecule has 1 N–H and O–H groups in total. The molecule has 1 amide bonds. The molecular formula is C15H20N2O2. The molecule has 0 saturated carbocycles. The van der Waals surface area contributed by atoms with E-state index in [1.54, 1.807) is 0 Å². The van der Waals surface area contributed by atoms with Gasteiger partial charge >= 0.3 is 0 Å². The Kier molecular flexibility index (Phi) is 3.80. The summed E-state index contributed by atoms with van der Waals surface area (Å²) in [6, 6.07) is 10.1. The van der Waals surface area contributed by atoms with E-state index in [1.807, 2.05) is 23.1 Å². The van der Waals surface area contributed by atoms with Crippen LogP contribution >= 0.6 is 0 Å². The molecule has 0 aliphatic carbocycles. The summed E-state index contributed by atoms with van der Waals surface area (Å²) in [7, 11) is 0. The molecule has 2 heterocycles. The van der Waals surface area contributed by atoms with Crippen LogP contribution in [-0.2, 0) is 16.0 Å². The van der Waals surface area contributed by atoms with E-state index in [9.17, 15) is 4.79 Å². The number of nitrogens with zero attached hydrogens (tertiary/aromatic N) is 1. The maximum absolute atomic E-state index is 12.3. The van der Waals surface area contributed by atoms with Gasteiger partial charge in [-0.2, -0.15) is 0 Å². The van der Waals surface area contributed by atoms with Gasteiger partial charge < -0.3 is 9.64 Å². The number of nitrogens with one attached hydrogen (secondary N) is 1. The van der Waals surface area contributed by atoms with Crippen LogP contribution in [0.25, 0.3) is 0 Å². The van der Waals surface area contributed by atoms with Crippen LogP contribution in [0, 0.1) is 5.92 Å². The summed E-state index contributed by atoms with van der Waals surface area (Å²) in [6.07, 6.45) is 1.85. The summed E-state index contributed by atoms with van der Waals surface area (Å²) in [4.78, 5) is 14.3. The molecule has 2 aliphatic rings. The zero-order valence-electron chi connectivity index (χ0n) is 11.0. The van der Waals surface area contributed by atoms with Gasteiger partial charge in [-0.3, -0.25) is 10.1 Å². The third-order valence-corrected chi connectivity index (χ3v) is 3.92. The minimum absolute atomic E-state index is 0.0651. The Labute approximate surface area is 113 Å². The Morgan fingerprint density at radius 1 is 1.32 bits per heavy atom. The maximum Gasteiger partial charge on any atom is 0.241 e. The van der Waals surface area contributed by atoms with E-state index >= 15 is 0 Å². The molecule has 0 bridgehead atoms. The van der Waals surface area contributed by atoms with E-state index in [1.165, 1.54) is 5.56 Å². The number of amides is 1. The minimum atomic E-state index is -0.0651. The van der Waals surface area contributed by atoms with E-state index in [0.29, 0.717) is 12.6 Å². The third-order valence-electron chi connectivity index (χ3n) is 3.92. The Balaban J connectivity index is 1.56. The zero-order valence-corrected chi connectivity index (χ0v) is 11.0. The first-order valence-electron chi connectivity index (χ1n) is 6.97. The number of benzene rings is 1. The molecule has 4 heteroatoms. The normalized spacial score (nSPS) is 27.2. The number of carbonyl (C=O) groups is 1. The van der Waals surface area contributed by atoms with Gasteiger partial charge in [-0.25, -0.2) is 0 Å². The monoisotopic (exact) mass is 260 g/mol. The van der Waals surface area contributed by atoms with E-state index in [4.69, 9.17) is 4.74 Å². The minimum Gasteiger partial charge on any atom is -0.381 e. The second kappa shape index (κ2) is 5.72. The van der Waals surface area contributed by atoms with Crippen LogP contribution in [0.2, 0.25) is 0 Å². The molecule has 0 aromatic heterocycles. The maximum atomic E-state index is 12.3. The second-order valence-corrected chi connectivity index (χ2v) is 5.39. The van der Waals surface area contributed by atoms with Crippen LogP contribution in [0.1, 0.15) is 12.0 Å². The van der Waals surface area contributed by atoms with Gasteiger partial charge in [0.25, 0.3) is 0 Å². The largest absolute Gasteiger partial charge is 0.381 e. The standard InChI is InChI=1S/C15H20N2O2/c18-15-14(8-12-4-2-1-3-5-12)16-11-17(15)9-13-6-7-19-10-13/h1-5,13-14,16H,6-11H2. The fraction of sp³-hybridized carbons (Fsp3) is 0.533. The highest BCUT2D eigenvalue weighted by atomic mass is 16.5. The van der Waals surface area contributed by atoms with Crippen LogP contribution in [0.4, 0.5) is 0 Å². The van der Waals surface area contributed by atoms with Crippen molar-refractivity contribution >= 4 is 5.91 Å². The van der Waals surface area contributed by atoms with Crippen LogP contribution in [0.15, 0.2) is 30.3 Å². The highest BCUT2D eigenvalue weighted by Gasteiger charge is 2.32. The van der Waals surface area contributed by atoms with Crippen molar-refractivity contribution in [2.24, 2.45) is 5.92 Å². The van der Waals surface area contributed by atoms with Crippen LogP contribution in [0.5, 0.6) is 0 Å². The topological polar surface area (TPSA) is 41.6 Å². The number of hydrogen-bond donors (Lipinski definition) is 1. The highest BCUT2D eigenvalue weighted by molar-refractivity contribution is 5.84. The fourth-order valence-electron chi connectivity index (χ4n) is 2.81. The molecule has 3 rings (SSSR count). The van der Waals surface area contributed by atoms with Crippen LogP contribution in [0.3, 0.4) is 0 Å². The molecule has 19 heavy (non-hydrogen) atoms. The van der Waals surface area contributed by atoms with Gasteiger partial charge in [-0.1, -0.05) is 30.3 Å². The lowest BCUT2D eigenvalue weighted by atomic mass is 10.1. The average molecular weight is 260 g/mol. The Morgan fingerprint density at radius 3 is 2.89 bits per heavy atom. The SMILES string of the molecule is O=C1C(Cc2ccccc2)NCN1CC1CCOC1. The molecule has 0 spiro atoms. The Bertz CT molecular complexity index is 429. The predicted molar refractivity (Wildman–Crippen MR) is 72.6 cm³/mol. The van der Waals surface area contributed by atoms with Gasteiger partial charge in [0.15, 0.2) is 0 Å². The van der Waals surface area contributed by atoms with Crippen molar-refractivity contribution in [2.45, 2.75) is 18.9 Å². The van der Waals surface area contributed by atoms with Gasteiger partial charge in [-0.15, -0.1) is 0 Å². The van der Waals surface area contributed by atoms with Crippen molar-refractivity contribution < 1.29 is 9.53 Å². The fourth-order valence-corrected chi connectivity index (χ4v) is 2.81. The average Bonchev–Trinajstić information content (AvgIpc) is 3.05. The summed E-state index contributed by atoms with van der Waals surface area (Å²) in [5.41, 5.74) is 1.21. The summed E-state index contributed by atoms with van der Waals surface area (Å²) < 4.78 is 5.37. The first kappa shape index (κ1) is 12.6. The molecule has 1 aromatic carbocycles. The van der Waals surface area contributed by atoms with Crippen molar-refractivity contribution in [3.05, 3.63) is 35.9 Å². The summed E-state index contributed by atoms with van der Waals surface area (Å²) in [5, 5.41) is 3.31. The van der Waals surface area contributed by atoms with E-state index in [2.05, 4.69) is 17.4 Å². The molecule has 0 radical (unpaired) electrons. The third kappa shape index (κ3) is 2.96. The van der Waals surface area contributed by atoms with Gasteiger partial charge in [0.2, 0.25) is 5.91 Å². The van der Waals surface area contributed by atoms with Crippen LogP contribution in [-0.4, -0.2) is 43.3 Å². The molecule has 1 aromatic rings. The first-order chi connectivity index (χ1) is 9.33. The van der Waals surface area contributed by atoms with Crippen molar-refractivity contribution in [2.75, 3.05) is 26.4 Å². The molecular weight excluding hydrogens is 240 g/mol. The predicted octanol–water partition coefficient (Wildman–Crippen LogP) is 1.02. The lowest BCUT2D eigenvalue weighted by Crippen LogP contribution is -2.35. The Hall–Kier alpha value is -1.39. The molecule has 4 nitrogen and oxygen atoms in total. The van der Waals surface area contributed by atoms with Gasteiger partial charge in [0.05, 0.1) is 19.3 Å². The first-order valence-corrected chi connectivity index (χ1v) is 6.97. The number of ether oxygens (including phenoxy) is 1. The van der Waals surface area contributed by atoms with Crippen molar-refractivity contribution in [1.29, 1.82) is 0 Å². The number of rotatable bonds is 4. The lowest BCUT2D eigenvalue weighted by Gasteiger charge is -2.18. The summed E-state index contributed by atoms with van der Waals surface area (Å²) in [6.45, 7) is 3.14. The van der Waals surface area contributed by atoms with E-state index < -0.39 is 0 Å². The number of carbonyl (C=O) groups excluding carboxylic acids is 1. The molecule has 2 atom stereocenters. The quantitative estimate of drug-likeness (QED) is 0.879. The molecule has 2 fully saturated rings. The highest BCUT2D eigenvalue weighted by Crippen LogP contribution is 2.17. The molecule has 2 unspecified atom stereocenters. The van der Waals surface area contributed by atoms with Gasteiger partial charge in [-0.05, 0) is 18.4 Å². The van der Waals surface area contributed by atoms with E-state index in [0.717, 1.165) is 32.6 Å². The van der Waals surface area contributed by atoms with Gasteiger partial charge in [0, 0.05) is 19.1 Å². The van der Waals surface area contributed by atoms with Crippen molar-refractivity contribution in [1.82, 2.24) is 10.2 Å².